The highest BCUT2D eigenvalue weighted by Gasteiger charge is 2.24. The second-order valence-electron chi connectivity index (χ2n) is 5.72. The number of hydrogen-bond acceptors (Lipinski definition) is 5. The lowest BCUT2D eigenvalue weighted by Crippen LogP contribution is -2.19. The highest BCUT2D eigenvalue weighted by Crippen LogP contribution is 2.30. The molecule has 1 heterocycles. The van der Waals surface area contributed by atoms with E-state index in [0.29, 0.717) is 22.4 Å². The molecule has 0 atom stereocenters. The van der Waals surface area contributed by atoms with Crippen LogP contribution in [0.5, 0.6) is 5.75 Å². The van der Waals surface area contributed by atoms with E-state index < -0.39 is 5.97 Å². The van der Waals surface area contributed by atoms with Crippen LogP contribution in [0.2, 0.25) is 0 Å². The van der Waals surface area contributed by atoms with Gasteiger partial charge in [-0.05, 0) is 54.6 Å². The number of nitrogens with one attached hydrogen (secondary N) is 1. The maximum absolute atomic E-state index is 12.2. The maximum atomic E-state index is 12.2. The lowest BCUT2D eigenvalue weighted by Gasteiger charge is -2.07. The highest BCUT2D eigenvalue weighted by atomic mass is 32.2. The average Bonchev–Trinajstić information content (AvgIpc) is 3.00. The fourth-order valence-corrected chi connectivity index (χ4v) is 3.19. The molecule has 2 aromatic carbocycles. The number of carbonyl (C=O) groups excluding carboxylic acids is 1. The van der Waals surface area contributed by atoms with E-state index in [1.54, 1.807) is 18.2 Å². The van der Waals surface area contributed by atoms with Crippen LogP contribution in [0.1, 0.15) is 29.3 Å². The zero-order valence-electron chi connectivity index (χ0n) is 14.6. The molecule has 0 unspecified atom stereocenters. The quantitative estimate of drug-likeness (QED) is 0.736. The van der Waals surface area contributed by atoms with Gasteiger partial charge in [0.2, 0.25) is 0 Å². The number of amides is 1. The molecule has 2 N–H and O–H groups in total. The molecule has 1 aliphatic heterocycles. The molecule has 1 fully saturated rings. The number of ether oxygens (including phenoxy) is 1. The van der Waals surface area contributed by atoms with E-state index in [1.165, 1.54) is 23.9 Å². The van der Waals surface area contributed by atoms with Crippen molar-refractivity contribution < 1.29 is 19.4 Å². The third-order valence-corrected chi connectivity index (χ3v) is 4.57. The molecule has 0 spiro atoms. The number of para-hydroxylation sites is 1. The fraction of sp³-hybridized carbons (Fsp3) is 0.150. The molecule has 0 bridgehead atoms. The summed E-state index contributed by atoms with van der Waals surface area (Å²) in [5.41, 5.74) is 1.58. The van der Waals surface area contributed by atoms with Crippen molar-refractivity contribution in [3.63, 3.8) is 0 Å². The Hall–Kier alpha value is -3.06. The number of hydrogen-bond donors (Lipinski definition) is 2. The van der Waals surface area contributed by atoms with Gasteiger partial charge in [0.05, 0.1) is 22.8 Å². The van der Waals surface area contributed by atoms with E-state index in [-0.39, 0.29) is 11.5 Å². The Morgan fingerprint density at radius 3 is 2.67 bits per heavy atom. The van der Waals surface area contributed by atoms with Gasteiger partial charge in [-0.3, -0.25) is 4.79 Å². The number of aliphatic imine (C=N–C) groups is 1. The summed E-state index contributed by atoms with van der Waals surface area (Å²) in [6, 6.07) is 13.7. The minimum atomic E-state index is -0.994. The minimum Gasteiger partial charge on any atom is -0.493 e. The number of thioether (sulfide) groups is 1. The Morgan fingerprint density at radius 2 is 1.96 bits per heavy atom. The predicted molar refractivity (Wildman–Crippen MR) is 106 cm³/mol. The topological polar surface area (TPSA) is 88.0 Å². The van der Waals surface area contributed by atoms with Gasteiger partial charge in [-0.25, -0.2) is 9.79 Å². The van der Waals surface area contributed by atoms with E-state index in [4.69, 9.17) is 9.84 Å². The first-order chi connectivity index (χ1) is 13.1. The Labute approximate surface area is 161 Å². The van der Waals surface area contributed by atoms with E-state index in [2.05, 4.69) is 10.3 Å². The van der Waals surface area contributed by atoms with Gasteiger partial charge in [-0.1, -0.05) is 25.1 Å². The first-order valence-corrected chi connectivity index (χ1v) is 9.23. The molecule has 1 amide bonds. The molecule has 6 nitrogen and oxygen atoms in total. The summed E-state index contributed by atoms with van der Waals surface area (Å²) < 4.78 is 5.72. The summed E-state index contributed by atoms with van der Waals surface area (Å²) in [6.45, 7) is 2.64. The number of carbonyl (C=O) groups is 2. The Balaban J connectivity index is 1.79. The van der Waals surface area contributed by atoms with Gasteiger partial charge in [0, 0.05) is 5.56 Å². The average molecular weight is 382 g/mol. The molecule has 7 heteroatoms. The van der Waals surface area contributed by atoms with Gasteiger partial charge in [-0.2, -0.15) is 0 Å². The van der Waals surface area contributed by atoms with Gasteiger partial charge < -0.3 is 15.2 Å². The molecule has 0 aromatic heterocycles. The highest BCUT2D eigenvalue weighted by molar-refractivity contribution is 8.18. The summed E-state index contributed by atoms with van der Waals surface area (Å²) in [7, 11) is 0. The molecule has 3 rings (SSSR count). The Kier molecular flexibility index (Phi) is 5.93. The van der Waals surface area contributed by atoms with Crippen molar-refractivity contribution in [2.75, 3.05) is 6.61 Å². The van der Waals surface area contributed by atoms with Crippen LogP contribution in [0, 0.1) is 0 Å². The van der Waals surface area contributed by atoms with Crippen molar-refractivity contribution in [1.29, 1.82) is 0 Å². The Morgan fingerprint density at radius 1 is 1.22 bits per heavy atom. The van der Waals surface area contributed by atoms with E-state index in [1.807, 2.05) is 31.2 Å². The molecule has 1 saturated heterocycles. The third-order valence-electron chi connectivity index (χ3n) is 3.66. The number of carboxylic acids is 1. The van der Waals surface area contributed by atoms with Gasteiger partial charge in [0.25, 0.3) is 5.91 Å². The van der Waals surface area contributed by atoms with Gasteiger partial charge in [0.1, 0.15) is 5.75 Å². The van der Waals surface area contributed by atoms with Crippen LogP contribution in [0.25, 0.3) is 6.08 Å². The van der Waals surface area contributed by atoms with Crippen molar-refractivity contribution in [3.8, 4) is 5.75 Å². The molecule has 1 aliphatic rings. The fourth-order valence-electron chi connectivity index (χ4n) is 2.36. The lowest BCUT2D eigenvalue weighted by atomic mass is 10.2. The minimum absolute atomic E-state index is 0.186. The summed E-state index contributed by atoms with van der Waals surface area (Å²) in [6.07, 6.45) is 2.68. The summed E-state index contributed by atoms with van der Waals surface area (Å²) in [5.74, 6) is -0.493. The summed E-state index contributed by atoms with van der Waals surface area (Å²) in [5, 5.41) is 12.1. The third kappa shape index (κ3) is 4.77. The molecular weight excluding hydrogens is 364 g/mol. The molecule has 0 radical (unpaired) electrons. The second kappa shape index (κ2) is 8.55. The largest absolute Gasteiger partial charge is 0.493 e. The molecule has 27 heavy (non-hydrogen) atoms. The summed E-state index contributed by atoms with van der Waals surface area (Å²) in [4.78, 5) is 28.0. The normalized spacial score (nSPS) is 16.6. The second-order valence-corrected chi connectivity index (χ2v) is 6.75. The van der Waals surface area contributed by atoms with Gasteiger partial charge in [-0.15, -0.1) is 0 Å². The van der Waals surface area contributed by atoms with Crippen LogP contribution in [0.4, 0.5) is 5.69 Å². The van der Waals surface area contributed by atoms with Crippen molar-refractivity contribution >= 4 is 40.6 Å². The van der Waals surface area contributed by atoms with Crippen LogP contribution in [-0.2, 0) is 4.79 Å². The molecule has 0 aliphatic carbocycles. The zero-order chi connectivity index (χ0) is 19.2. The maximum Gasteiger partial charge on any atom is 0.335 e. The lowest BCUT2D eigenvalue weighted by molar-refractivity contribution is -0.115. The number of rotatable bonds is 6. The van der Waals surface area contributed by atoms with Crippen LogP contribution >= 0.6 is 11.8 Å². The van der Waals surface area contributed by atoms with E-state index in [0.717, 1.165) is 17.7 Å². The number of aromatic carboxylic acids is 1. The van der Waals surface area contributed by atoms with Gasteiger partial charge >= 0.3 is 5.97 Å². The zero-order valence-corrected chi connectivity index (χ0v) is 15.5. The van der Waals surface area contributed by atoms with Crippen LogP contribution in [0.15, 0.2) is 58.4 Å². The molecule has 138 valence electrons. The van der Waals surface area contributed by atoms with Crippen LogP contribution in [0.3, 0.4) is 0 Å². The molecular formula is C20H18N2O4S. The first kappa shape index (κ1) is 18.7. The predicted octanol–water partition coefficient (Wildman–Crippen LogP) is 4.07. The smallest absolute Gasteiger partial charge is 0.335 e. The van der Waals surface area contributed by atoms with E-state index >= 15 is 0 Å². The van der Waals surface area contributed by atoms with Crippen LogP contribution in [-0.4, -0.2) is 28.8 Å². The first-order valence-electron chi connectivity index (χ1n) is 8.41. The summed E-state index contributed by atoms with van der Waals surface area (Å²) >= 11 is 1.23. The van der Waals surface area contributed by atoms with E-state index in [9.17, 15) is 9.59 Å². The van der Waals surface area contributed by atoms with Gasteiger partial charge in [0.15, 0.2) is 5.17 Å². The molecule has 2 aromatic rings. The van der Waals surface area contributed by atoms with Crippen molar-refractivity contribution in [2.24, 2.45) is 4.99 Å². The number of benzene rings is 2. The number of carboxylic acid groups (broad SMARTS) is 1. The monoisotopic (exact) mass is 382 g/mol. The Bertz CT molecular complexity index is 920. The number of amidine groups is 1. The van der Waals surface area contributed by atoms with Crippen molar-refractivity contribution in [2.45, 2.75) is 13.3 Å². The standard InChI is InChI=1S/C20H18N2O4S/c1-2-11-26-16-6-4-3-5-14(16)12-17-18(23)22-20(27-17)21-15-9-7-13(8-10-15)19(24)25/h3-10,12H,2,11H2,1H3,(H,24,25)(H,21,22,23)/b17-12-. The van der Waals surface area contributed by atoms with Crippen LogP contribution < -0.4 is 10.1 Å². The van der Waals surface area contributed by atoms with Crippen molar-refractivity contribution in [1.82, 2.24) is 5.32 Å². The molecule has 0 saturated carbocycles. The van der Waals surface area contributed by atoms with Crippen molar-refractivity contribution in [3.05, 3.63) is 64.6 Å². The number of nitrogens with zero attached hydrogens (tertiary/aromatic N) is 1. The SMILES string of the molecule is CCCOc1ccccc1/C=C1\SC(=Nc2ccc(C(=O)O)cc2)NC1=O.